The molecule has 0 spiro atoms. The number of nitrogens with one attached hydrogen (secondary N) is 1. The van der Waals surface area contributed by atoms with Gasteiger partial charge in [0, 0.05) is 36.3 Å². The fraction of sp³-hybridized carbons (Fsp3) is 0.611. The second-order valence-electron chi connectivity index (χ2n) is 6.87. The lowest BCUT2D eigenvalue weighted by molar-refractivity contribution is -0.385. The van der Waals surface area contributed by atoms with E-state index in [2.05, 4.69) is 5.32 Å². The van der Waals surface area contributed by atoms with Crippen LogP contribution in [0, 0.1) is 16.0 Å². The van der Waals surface area contributed by atoms with Crippen LogP contribution < -0.4 is 5.32 Å². The maximum atomic E-state index is 12.6. The van der Waals surface area contributed by atoms with E-state index in [-0.39, 0.29) is 11.6 Å². The standard InChI is InChI=1S/C18H25N3O3/c1-2-14-5-6-15(11-17(14)21(23)24)18(22)20-9-7-16(8-10-20)19-12-13-3-4-13/h5-6,11,13,16,19H,2-4,7-10,12H2,1H3. The number of aryl methyl sites for hydroxylation is 1. The molecule has 1 heterocycles. The van der Waals surface area contributed by atoms with Crippen molar-refractivity contribution in [3.63, 3.8) is 0 Å². The molecule has 1 aliphatic heterocycles. The highest BCUT2D eigenvalue weighted by molar-refractivity contribution is 5.95. The molecule has 1 saturated heterocycles. The van der Waals surface area contributed by atoms with E-state index in [9.17, 15) is 14.9 Å². The predicted molar refractivity (Wildman–Crippen MR) is 92.1 cm³/mol. The molecule has 1 amide bonds. The third-order valence-corrected chi connectivity index (χ3v) is 5.08. The second-order valence-corrected chi connectivity index (χ2v) is 6.87. The van der Waals surface area contributed by atoms with E-state index < -0.39 is 4.92 Å². The number of rotatable bonds is 6. The van der Waals surface area contributed by atoms with Gasteiger partial charge >= 0.3 is 0 Å². The zero-order valence-corrected chi connectivity index (χ0v) is 14.2. The minimum atomic E-state index is -0.399. The summed E-state index contributed by atoms with van der Waals surface area (Å²) in [5.74, 6) is 0.767. The molecule has 0 atom stereocenters. The van der Waals surface area contributed by atoms with Crippen LogP contribution in [-0.4, -0.2) is 41.4 Å². The number of carbonyl (C=O) groups excluding carboxylic acids is 1. The fourth-order valence-electron chi connectivity index (χ4n) is 3.29. The number of nitro groups is 1. The highest BCUT2D eigenvalue weighted by Crippen LogP contribution is 2.28. The summed E-state index contributed by atoms with van der Waals surface area (Å²) in [5.41, 5.74) is 1.13. The van der Waals surface area contributed by atoms with Gasteiger partial charge in [-0.3, -0.25) is 14.9 Å². The van der Waals surface area contributed by atoms with Gasteiger partial charge in [0.2, 0.25) is 0 Å². The molecule has 2 fully saturated rings. The van der Waals surface area contributed by atoms with Crippen molar-refractivity contribution in [1.82, 2.24) is 10.2 Å². The van der Waals surface area contributed by atoms with Crippen molar-refractivity contribution in [3.8, 4) is 0 Å². The number of hydrogen-bond acceptors (Lipinski definition) is 4. The Kier molecular flexibility index (Phi) is 5.14. The lowest BCUT2D eigenvalue weighted by Gasteiger charge is -2.32. The Bertz CT molecular complexity index is 620. The molecule has 24 heavy (non-hydrogen) atoms. The maximum absolute atomic E-state index is 12.6. The summed E-state index contributed by atoms with van der Waals surface area (Å²) in [6.07, 6.45) is 5.18. The van der Waals surface area contributed by atoms with E-state index >= 15 is 0 Å². The zero-order valence-electron chi connectivity index (χ0n) is 14.2. The summed E-state index contributed by atoms with van der Waals surface area (Å²) in [4.78, 5) is 25.2. The molecule has 0 radical (unpaired) electrons. The van der Waals surface area contributed by atoms with Crippen LogP contribution in [0.4, 0.5) is 5.69 Å². The fourth-order valence-corrected chi connectivity index (χ4v) is 3.29. The molecule has 0 bridgehead atoms. The first kappa shape index (κ1) is 16.9. The number of carbonyl (C=O) groups is 1. The summed E-state index contributed by atoms with van der Waals surface area (Å²) in [5, 5.41) is 14.8. The van der Waals surface area contributed by atoms with E-state index in [0.29, 0.717) is 36.7 Å². The average molecular weight is 331 g/mol. The Morgan fingerprint density at radius 3 is 2.58 bits per heavy atom. The third kappa shape index (κ3) is 3.93. The van der Waals surface area contributed by atoms with Gasteiger partial charge in [-0.05, 0) is 50.6 Å². The molecule has 1 aromatic carbocycles. The van der Waals surface area contributed by atoms with Crippen molar-refractivity contribution in [3.05, 3.63) is 39.4 Å². The van der Waals surface area contributed by atoms with Crippen molar-refractivity contribution in [2.75, 3.05) is 19.6 Å². The maximum Gasteiger partial charge on any atom is 0.273 e. The van der Waals surface area contributed by atoms with Crippen LogP contribution in [0.5, 0.6) is 0 Å². The van der Waals surface area contributed by atoms with Crippen molar-refractivity contribution in [2.24, 2.45) is 5.92 Å². The summed E-state index contributed by atoms with van der Waals surface area (Å²) in [6.45, 7) is 4.40. The van der Waals surface area contributed by atoms with Gasteiger partial charge in [0.1, 0.15) is 0 Å². The Labute approximate surface area is 142 Å². The molecule has 6 nitrogen and oxygen atoms in total. The van der Waals surface area contributed by atoms with E-state index in [0.717, 1.165) is 25.3 Å². The second kappa shape index (κ2) is 7.30. The number of hydrogen-bond donors (Lipinski definition) is 1. The molecule has 6 heteroatoms. The molecule has 3 rings (SSSR count). The number of nitro benzene ring substituents is 1. The van der Waals surface area contributed by atoms with E-state index in [4.69, 9.17) is 0 Å². The summed E-state index contributed by atoms with van der Waals surface area (Å²) >= 11 is 0. The van der Waals surface area contributed by atoms with Crippen LogP contribution in [0.1, 0.15) is 48.5 Å². The molecule has 2 aliphatic rings. The van der Waals surface area contributed by atoms with E-state index in [1.54, 1.807) is 12.1 Å². The summed E-state index contributed by atoms with van der Waals surface area (Å²) in [6, 6.07) is 5.34. The van der Waals surface area contributed by atoms with E-state index in [1.807, 2.05) is 11.8 Å². The van der Waals surface area contributed by atoms with Gasteiger partial charge in [-0.1, -0.05) is 13.0 Å². The molecule has 1 aromatic rings. The van der Waals surface area contributed by atoms with Crippen molar-refractivity contribution in [2.45, 2.75) is 45.1 Å². The van der Waals surface area contributed by atoms with Gasteiger partial charge in [-0.25, -0.2) is 0 Å². The van der Waals surface area contributed by atoms with Crippen LogP contribution in [0.25, 0.3) is 0 Å². The molecule has 130 valence electrons. The monoisotopic (exact) mass is 331 g/mol. The highest BCUT2D eigenvalue weighted by Gasteiger charge is 2.27. The van der Waals surface area contributed by atoms with Crippen molar-refractivity contribution in [1.29, 1.82) is 0 Å². The quantitative estimate of drug-likeness (QED) is 0.642. The SMILES string of the molecule is CCc1ccc(C(=O)N2CCC(NCC3CC3)CC2)cc1[N+](=O)[O-]. The molecule has 1 aliphatic carbocycles. The van der Waals surface area contributed by atoms with Crippen molar-refractivity contribution >= 4 is 11.6 Å². The Morgan fingerprint density at radius 1 is 1.29 bits per heavy atom. The first-order chi connectivity index (χ1) is 11.6. The Morgan fingerprint density at radius 2 is 2.00 bits per heavy atom. The van der Waals surface area contributed by atoms with Gasteiger partial charge in [0.15, 0.2) is 0 Å². The molecule has 1 N–H and O–H groups in total. The van der Waals surface area contributed by atoms with Gasteiger partial charge in [0.05, 0.1) is 4.92 Å². The smallest absolute Gasteiger partial charge is 0.273 e. The lowest BCUT2D eigenvalue weighted by Crippen LogP contribution is -2.45. The lowest BCUT2D eigenvalue weighted by atomic mass is 10.0. The Balaban J connectivity index is 1.60. The molecule has 0 unspecified atom stereocenters. The predicted octanol–water partition coefficient (Wildman–Crippen LogP) is 2.76. The van der Waals surface area contributed by atoms with Crippen LogP contribution in [0.3, 0.4) is 0 Å². The number of benzene rings is 1. The number of nitrogens with zero attached hydrogens (tertiary/aromatic N) is 2. The summed E-state index contributed by atoms with van der Waals surface area (Å²) < 4.78 is 0. The van der Waals surface area contributed by atoms with Crippen LogP contribution in [-0.2, 0) is 6.42 Å². The molecular weight excluding hydrogens is 306 g/mol. The highest BCUT2D eigenvalue weighted by atomic mass is 16.6. The van der Waals surface area contributed by atoms with Gasteiger partial charge in [-0.2, -0.15) is 0 Å². The van der Waals surface area contributed by atoms with Crippen LogP contribution >= 0.6 is 0 Å². The van der Waals surface area contributed by atoms with E-state index in [1.165, 1.54) is 18.9 Å². The average Bonchev–Trinajstić information content (AvgIpc) is 3.43. The van der Waals surface area contributed by atoms with Crippen molar-refractivity contribution < 1.29 is 9.72 Å². The summed E-state index contributed by atoms with van der Waals surface area (Å²) in [7, 11) is 0. The van der Waals surface area contributed by atoms with Gasteiger partial charge < -0.3 is 10.2 Å². The number of piperidine rings is 1. The third-order valence-electron chi connectivity index (χ3n) is 5.08. The first-order valence-corrected chi connectivity index (χ1v) is 8.88. The minimum absolute atomic E-state index is 0.0457. The normalized spacial score (nSPS) is 18.6. The molecule has 1 saturated carbocycles. The van der Waals surface area contributed by atoms with Gasteiger partial charge in [0.25, 0.3) is 11.6 Å². The molecular formula is C18H25N3O3. The topological polar surface area (TPSA) is 75.5 Å². The Hall–Kier alpha value is -1.95. The molecule has 0 aromatic heterocycles. The number of amides is 1. The van der Waals surface area contributed by atoms with Crippen LogP contribution in [0.15, 0.2) is 18.2 Å². The van der Waals surface area contributed by atoms with Gasteiger partial charge in [-0.15, -0.1) is 0 Å². The minimum Gasteiger partial charge on any atom is -0.339 e. The zero-order chi connectivity index (χ0) is 17.1. The largest absolute Gasteiger partial charge is 0.339 e. The van der Waals surface area contributed by atoms with Crippen LogP contribution in [0.2, 0.25) is 0 Å². The number of likely N-dealkylation sites (tertiary alicyclic amines) is 1. The first-order valence-electron chi connectivity index (χ1n) is 8.88.